The summed E-state index contributed by atoms with van der Waals surface area (Å²) in [6.07, 6.45) is 2.82. The molecule has 0 saturated heterocycles. The number of primary amides is 1. The molecule has 1 atom stereocenters. The predicted molar refractivity (Wildman–Crippen MR) is 106 cm³/mol. The number of rotatable bonds is 3. The molecule has 1 aliphatic rings. The first-order valence-corrected chi connectivity index (χ1v) is 9.59. The monoisotopic (exact) mass is 364 g/mol. The molecule has 0 saturated carbocycles. The predicted octanol–water partition coefficient (Wildman–Crippen LogP) is 4.38. The summed E-state index contributed by atoms with van der Waals surface area (Å²) in [5, 5.41) is 5.60. The first kappa shape index (κ1) is 16.8. The fraction of sp³-hybridized carbons (Fsp3) is 0.238. The first-order valence-electron chi connectivity index (χ1n) is 8.77. The summed E-state index contributed by atoms with van der Waals surface area (Å²) in [6.45, 7) is 2.21. The number of carbonyl (C=O) groups is 2. The Morgan fingerprint density at radius 1 is 1.15 bits per heavy atom. The Bertz CT molecular complexity index is 1020. The molecule has 26 heavy (non-hydrogen) atoms. The van der Waals surface area contributed by atoms with E-state index < -0.39 is 5.91 Å². The molecule has 0 radical (unpaired) electrons. The van der Waals surface area contributed by atoms with Crippen molar-refractivity contribution in [2.45, 2.75) is 26.2 Å². The average molecular weight is 364 g/mol. The minimum absolute atomic E-state index is 0.218. The largest absolute Gasteiger partial charge is 0.365 e. The third-order valence-electron chi connectivity index (χ3n) is 5.00. The Labute approximate surface area is 156 Å². The minimum atomic E-state index is -0.467. The molecule has 3 N–H and O–H groups in total. The van der Waals surface area contributed by atoms with E-state index in [0.717, 1.165) is 35.6 Å². The third kappa shape index (κ3) is 2.99. The highest BCUT2D eigenvalue weighted by molar-refractivity contribution is 7.17. The number of hydrogen-bond donors (Lipinski definition) is 2. The highest BCUT2D eigenvalue weighted by Crippen LogP contribution is 2.39. The van der Waals surface area contributed by atoms with Gasteiger partial charge in [0.15, 0.2) is 0 Å². The highest BCUT2D eigenvalue weighted by Gasteiger charge is 2.27. The van der Waals surface area contributed by atoms with Crippen molar-refractivity contribution in [1.29, 1.82) is 0 Å². The van der Waals surface area contributed by atoms with Gasteiger partial charge in [-0.1, -0.05) is 37.3 Å². The Kier molecular flexibility index (Phi) is 4.24. The number of fused-ring (bicyclic) bond motifs is 2. The molecule has 4 rings (SSSR count). The van der Waals surface area contributed by atoms with Crippen LogP contribution in [0.1, 0.15) is 44.5 Å². The molecule has 0 spiro atoms. The van der Waals surface area contributed by atoms with Crippen molar-refractivity contribution in [3.63, 3.8) is 0 Å². The Morgan fingerprint density at radius 2 is 1.92 bits per heavy atom. The minimum Gasteiger partial charge on any atom is -0.365 e. The van der Waals surface area contributed by atoms with Gasteiger partial charge in [0.05, 0.1) is 5.56 Å². The van der Waals surface area contributed by atoms with Crippen molar-refractivity contribution in [2.24, 2.45) is 11.7 Å². The van der Waals surface area contributed by atoms with Crippen LogP contribution in [0.15, 0.2) is 42.5 Å². The Hall–Kier alpha value is -2.66. The Morgan fingerprint density at radius 3 is 2.69 bits per heavy atom. The second-order valence-corrected chi connectivity index (χ2v) is 8.04. The molecule has 2 amide bonds. The summed E-state index contributed by atoms with van der Waals surface area (Å²) in [5.41, 5.74) is 7.71. The average Bonchev–Trinajstić information content (AvgIpc) is 2.98. The lowest BCUT2D eigenvalue weighted by molar-refractivity contribution is 0.1000. The van der Waals surface area contributed by atoms with Gasteiger partial charge in [-0.25, -0.2) is 0 Å². The number of nitrogens with one attached hydrogen (secondary N) is 1. The van der Waals surface area contributed by atoms with Crippen LogP contribution in [-0.2, 0) is 12.8 Å². The molecule has 0 aliphatic heterocycles. The van der Waals surface area contributed by atoms with Crippen molar-refractivity contribution in [2.75, 3.05) is 5.32 Å². The van der Waals surface area contributed by atoms with Crippen LogP contribution in [0.4, 0.5) is 5.00 Å². The van der Waals surface area contributed by atoms with Gasteiger partial charge in [-0.2, -0.15) is 0 Å². The normalized spacial score (nSPS) is 16.3. The molecule has 3 aromatic rings. The summed E-state index contributed by atoms with van der Waals surface area (Å²) < 4.78 is 0. The van der Waals surface area contributed by atoms with Gasteiger partial charge in [0.2, 0.25) is 0 Å². The van der Waals surface area contributed by atoms with Crippen molar-refractivity contribution in [1.82, 2.24) is 0 Å². The van der Waals surface area contributed by atoms with Gasteiger partial charge in [0, 0.05) is 10.4 Å². The number of benzene rings is 2. The smallest absolute Gasteiger partial charge is 0.256 e. The van der Waals surface area contributed by atoms with Crippen molar-refractivity contribution >= 4 is 38.9 Å². The zero-order chi connectivity index (χ0) is 18.3. The Balaban J connectivity index is 1.67. The summed E-state index contributed by atoms with van der Waals surface area (Å²) >= 11 is 1.49. The second-order valence-electron chi connectivity index (χ2n) is 6.94. The molecule has 1 aliphatic carbocycles. The SMILES string of the molecule is C[C@@H]1CCc2c(sc(NC(=O)c3ccc4ccccc4c3)c2C(N)=O)C1. The number of thiophene rings is 1. The van der Waals surface area contributed by atoms with Crippen molar-refractivity contribution in [3.05, 3.63) is 64.0 Å². The molecule has 0 bridgehead atoms. The quantitative estimate of drug-likeness (QED) is 0.724. The summed E-state index contributed by atoms with van der Waals surface area (Å²) in [4.78, 5) is 25.9. The van der Waals surface area contributed by atoms with E-state index in [4.69, 9.17) is 5.73 Å². The van der Waals surface area contributed by atoms with Crippen LogP contribution in [0, 0.1) is 5.92 Å². The van der Waals surface area contributed by atoms with Crippen LogP contribution in [-0.4, -0.2) is 11.8 Å². The summed E-state index contributed by atoms with van der Waals surface area (Å²) in [6, 6.07) is 13.5. The molecular formula is C21H20N2O2S. The zero-order valence-corrected chi connectivity index (χ0v) is 15.4. The van der Waals surface area contributed by atoms with Crippen LogP contribution >= 0.6 is 11.3 Å². The first-order chi connectivity index (χ1) is 12.5. The van der Waals surface area contributed by atoms with Gasteiger partial charge < -0.3 is 11.1 Å². The fourth-order valence-electron chi connectivity index (χ4n) is 3.61. The van der Waals surface area contributed by atoms with Crippen LogP contribution in [0.2, 0.25) is 0 Å². The maximum atomic E-state index is 12.8. The van der Waals surface area contributed by atoms with Crippen molar-refractivity contribution < 1.29 is 9.59 Å². The summed E-state index contributed by atoms with van der Waals surface area (Å²) in [7, 11) is 0. The van der Waals surface area contributed by atoms with E-state index in [-0.39, 0.29) is 5.91 Å². The molecule has 4 nitrogen and oxygen atoms in total. The standard InChI is InChI=1S/C21H20N2O2S/c1-12-6-9-16-17(10-12)26-21(18(16)19(22)24)23-20(25)15-8-7-13-4-2-3-5-14(13)11-15/h2-5,7-8,11-12H,6,9-10H2,1H3,(H2,22,24)(H,23,25)/t12-/m1/s1. The summed E-state index contributed by atoms with van der Waals surface area (Å²) in [5.74, 6) is -0.0957. The third-order valence-corrected chi connectivity index (χ3v) is 6.17. The van der Waals surface area contributed by atoms with Gasteiger partial charge in [-0.3, -0.25) is 9.59 Å². The molecule has 1 aromatic heterocycles. The van der Waals surface area contributed by atoms with E-state index in [1.807, 2.05) is 36.4 Å². The van der Waals surface area contributed by atoms with Gasteiger partial charge in [0.25, 0.3) is 11.8 Å². The van der Waals surface area contributed by atoms with Crippen LogP contribution in [0.25, 0.3) is 10.8 Å². The molecule has 0 unspecified atom stereocenters. The molecule has 2 aromatic carbocycles. The topological polar surface area (TPSA) is 72.2 Å². The van der Waals surface area contributed by atoms with E-state index in [9.17, 15) is 9.59 Å². The van der Waals surface area contributed by atoms with Gasteiger partial charge in [-0.05, 0) is 53.6 Å². The lowest BCUT2D eigenvalue weighted by atomic mass is 9.88. The lowest BCUT2D eigenvalue weighted by Crippen LogP contribution is -2.19. The maximum absolute atomic E-state index is 12.8. The zero-order valence-electron chi connectivity index (χ0n) is 14.5. The van der Waals surface area contributed by atoms with Crippen LogP contribution in [0.3, 0.4) is 0 Å². The number of carbonyl (C=O) groups excluding carboxylic acids is 2. The van der Waals surface area contributed by atoms with E-state index >= 15 is 0 Å². The van der Waals surface area contributed by atoms with E-state index in [0.29, 0.717) is 22.0 Å². The number of hydrogen-bond acceptors (Lipinski definition) is 3. The molecule has 5 heteroatoms. The molecular weight excluding hydrogens is 344 g/mol. The number of anilines is 1. The van der Waals surface area contributed by atoms with Gasteiger partial charge in [0.1, 0.15) is 5.00 Å². The van der Waals surface area contributed by atoms with E-state index in [1.165, 1.54) is 16.2 Å². The lowest BCUT2D eigenvalue weighted by Gasteiger charge is -2.18. The van der Waals surface area contributed by atoms with Gasteiger partial charge in [-0.15, -0.1) is 11.3 Å². The molecule has 1 heterocycles. The van der Waals surface area contributed by atoms with Crippen molar-refractivity contribution in [3.8, 4) is 0 Å². The second kappa shape index (κ2) is 6.57. The number of nitrogens with two attached hydrogens (primary N) is 1. The van der Waals surface area contributed by atoms with E-state index in [2.05, 4.69) is 12.2 Å². The highest BCUT2D eigenvalue weighted by atomic mass is 32.1. The van der Waals surface area contributed by atoms with Gasteiger partial charge >= 0.3 is 0 Å². The van der Waals surface area contributed by atoms with Crippen LogP contribution in [0.5, 0.6) is 0 Å². The number of amides is 2. The molecule has 0 fully saturated rings. The fourth-order valence-corrected chi connectivity index (χ4v) is 5.02. The van der Waals surface area contributed by atoms with Crippen LogP contribution < -0.4 is 11.1 Å². The maximum Gasteiger partial charge on any atom is 0.256 e. The van der Waals surface area contributed by atoms with E-state index in [1.54, 1.807) is 6.07 Å². The molecule has 132 valence electrons.